The lowest BCUT2D eigenvalue weighted by molar-refractivity contribution is 0.0951. The van der Waals surface area contributed by atoms with E-state index < -0.39 is 0 Å². The first-order valence-corrected chi connectivity index (χ1v) is 7.67. The summed E-state index contributed by atoms with van der Waals surface area (Å²) in [5, 5.41) is 2.91. The van der Waals surface area contributed by atoms with Crippen LogP contribution in [0.25, 0.3) is 0 Å². The van der Waals surface area contributed by atoms with Gasteiger partial charge in [-0.15, -0.1) is 0 Å². The zero-order valence-electron chi connectivity index (χ0n) is 11.9. The van der Waals surface area contributed by atoms with Crippen LogP contribution in [0.3, 0.4) is 0 Å². The minimum Gasteiger partial charge on any atom is -0.377 e. The third-order valence-electron chi connectivity index (χ3n) is 3.06. The molecule has 1 N–H and O–H groups in total. The van der Waals surface area contributed by atoms with Gasteiger partial charge < -0.3 is 10.1 Å². The van der Waals surface area contributed by atoms with Crippen LogP contribution in [0.1, 0.15) is 28.4 Å². The molecule has 110 valence electrons. The number of carbonyl (C=O) groups excluding carboxylic acids is 1. The summed E-state index contributed by atoms with van der Waals surface area (Å²) < 4.78 is 6.31. The van der Waals surface area contributed by atoms with E-state index in [2.05, 4.69) is 21.2 Å². The van der Waals surface area contributed by atoms with Crippen LogP contribution in [0.4, 0.5) is 0 Å². The molecule has 0 spiro atoms. The molecule has 0 saturated heterocycles. The number of amides is 1. The molecule has 0 radical (unpaired) electrons. The van der Waals surface area contributed by atoms with E-state index in [0.29, 0.717) is 25.3 Å². The predicted octanol–water partition coefficient (Wildman–Crippen LogP) is 3.92. The summed E-state index contributed by atoms with van der Waals surface area (Å²) >= 11 is 3.35. The minimum atomic E-state index is -0.0686. The lowest BCUT2D eigenvalue weighted by atomic mass is 10.1. The zero-order chi connectivity index (χ0) is 15.1. The van der Waals surface area contributed by atoms with Crippen molar-refractivity contribution in [2.24, 2.45) is 0 Å². The number of ether oxygens (including phenoxy) is 1. The van der Waals surface area contributed by atoms with Crippen LogP contribution in [0, 0.1) is 0 Å². The first-order chi connectivity index (χ1) is 10.2. The Morgan fingerprint density at radius 2 is 1.67 bits per heavy atom. The normalized spacial score (nSPS) is 10.4. The molecule has 3 nitrogen and oxygen atoms in total. The summed E-state index contributed by atoms with van der Waals surface area (Å²) in [6.07, 6.45) is 0. The van der Waals surface area contributed by atoms with Gasteiger partial charge in [0, 0.05) is 23.2 Å². The van der Waals surface area contributed by atoms with Gasteiger partial charge in [0.1, 0.15) is 0 Å². The molecular weight excluding hydrogens is 330 g/mol. The Kier molecular flexibility index (Phi) is 5.96. The van der Waals surface area contributed by atoms with E-state index in [1.54, 1.807) is 12.1 Å². The van der Waals surface area contributed by atoms with Crippen LogP contribution in [0.5, 0.6) is 0 Å². The Bertz CT molecular complexity index is 579. The van der Waals surface area contributed by atoms with Crippen molar-refractivity contribution < 1.29 is 9.53 Å². The van der Waals surface area contributed by atoms with E-state index in [1.165, 1.54) is 0 Å². The van der Waals surface area contributed by atoms with Crippen molar-refractivity contribution in [1.82, 2.24) is 5.32 Å². The predicted molar refractivity (Wildman–Crippen MR) is 87.1 cm³/mol. The van der Waals surface area contributed by atoms with Gasteiger partial charge in [-0.25, -0.2) is 0 Å². The zero-order valence-corrected chi connectivity index (χ0v) is 13.5. The molecule has 0 aromatic heterocycles. The maximum Gasteiger partial charge on any atom is 0.251 e. The molecule has 0 aliphatic rings. The van der Waals surface area contributed by atoms with Crippen LogP contribution in [-0.4, -0.2) is 12.5 Å². The molecule has 0 bridgehead atoms. The van der Waals surface area contributed by atoms with Gasteiger partial charge in [-0.05, 0) is 42.3 Å². The molecule has 0 atom stereocenters. The Hall–Kier alpha value is -1.65. The van der Waals surface area contributed by atoms with Crippen molar-refractivity contribution in [2.75, 3.05) is 6.61 Å². The van der Waals surface area contributed by atoms with E-state index >= 15 is 0 Å². The molecule has 0 aliphatic heterocycles. The van der Waals surface area contributed by atoms with Gasteiger partial charge in [-0.1, -0.05) is 40.2 Å². The van der Waals surface area contributed by atoms with E-state index in [-0.39, 0.29) is 5.91 Å². The highest BCUT2D eigenvalue weighted by Gasteiger charge is 2.04. The Morgan fingerprint density at radius 1 is 1.05 bits per heavy atom. The van der Waals surface area contributed by atoms with Crippen LogP contribution in [0.2, 0.25) is 0 Å². The fraction of sp³-hybridized carbons (Fsp3) is 0.235. The van der Waals surface area contributed by atoms with E-state index in [9.17, 15) is 4.79 Å². The van der Waals surface area contributed by atoms with Crippen LogP contribution in [0.15, 0.2) is 53.0 Å². The third kappa shape index (κ3) is 4.99. The second kappa shape index (κ2) is 7.96. The highest BCUT2D eigenvalue weighted by Crippen LogP contribution is 2.11. The Balaban J connectivity index is 1.87. The molecule has 4 heteroatoms. The fourth-order valence-electron chi connectivity index (χ4n) is 1.86. The number of nitrogens with one attached hydrogen (secondary N) is 1. The van der Waals surface area contributed by atoms with Crippen LogP contribution < -0.4 is 5.32 Å². The topological polar surface area (TPSA) is 38.3 Å². The van der Waals surface area contributed by atoms with Gasteiger partial charge in [-0.2, -0.15) is 0 Å². The average molecular weight is 348 g/mol. The summed E-state index contributed by atoms with van der Waals surface area (Å²) in [5.74, 6) is -0.0686. The van der Waals surface area contributed by atoms with Gasteiger partial charge in [0.25, 0.3) is 5.91 Å². The van der Waals surface area contributed by atoms with Crippen molar-refractivity contribution in [3.63, 3.8) is 0 Å². The average Bonchev–Trinajstić information content (AvgIpc) is 2.52. The molecule has 0 aliphatic carbocycles. The third-order valence-corrected chi connectivity index (χ3v) is 3.58. The van der Waals surface area contributed by atoms with Crippen molar-refractivity contribution in [1.29, 1.82) is 0 Å². The Morgan fingerprint density at radius 3 is 2.29 bits per heavy atom. The summed E-state index contributed by atoms with van der Waals surface area (Å²) in [7, 11) is 0. The number of benzene rings is 2. The lowest BCUT2D eigenvalue weighted by Crippen LogP contribution is -2.22. The highest BCUT2D eigenvalue weighted by molar-refractivity contribution is 9.10. The first-order valence-electron chi connectivity index (χ1n) is 6.88. The first kappa shape index (κ1) is 15.7. The van der Waals surface area contributed by atoms with Gasteiger partial charge in [-0.3, -0.25) is 4.79 Å². The van der Waals surface area contributed by atoms with Crippen molar-refractivity contribution >= 4 is 21.8 Å². The van der Waals surface area contributed by atoms with Crippen LogP contribution in [-0.2, 0) is 17.9 Å². The smallest absolute Gasteiger partial charge is 0.251 e. The van der Waals surface area contributed by atoms with Crippen molar-refractivity contribution in [3.05, 3.63) is 69.7 Å². The van der Waals surface area contributed by atoms with Crippen LogP contribution >= 0.6 is 15.9 Å². The maximum atomic E-state index is 12.0. The number of halogens is 1. The molecule has 0 unspecified atom stereocenters. The molecule has 0 saturated carbocycles. The van der Waals surface area contributed by atoms with Gasteiger partial charge >= 0.3 is 0 Å². The number of rotatable bonds is 6. The quantitative estimate of drug-likeness (QED) is 0.859. The number of hydrogen-bond donors (Lipinski definition) is 1. The molecular formula is C17H18BrNO2. The maximum absolute atomic E-state index is 12.0. The minimum absolute atomic E-state index is 0.0686. The second-order valence-electron chi connectivity index (χ2n) is 4.64. The number of hydrogen-bond acceptors (Lipinski definition) is 2. The molecule has 1 amide bonds. The van der Waals surface area contributed by atoms with Crippen molar-refractivity contribution in [2.45, 2.75) is 20.1 Å². The van der Waals surface area contributed by atoms with E-state index in [4.69, 9.17) is 4.74 Å². The molecule has 2 rings (SSSR count). The molecule has 21 heavy (non-hydrogen) atoms. The summed E-state index contributed by atoms with van der Waals surface area (Å²) in [6, 6.07) is 15.4. The molecule has 0 fully saturated rings. The monoisotopic (exact) mass is 347 g/mol. The van der Waals surface area contributed by atoms with E-state index in [1.807, 2.05) is 43.3 Å². The summed E-state index contributed by atoms with van der Waals surface area (Å²) in [6.45, 7) is 3.84. The van der Waals surface area contributed by atoms with Gasteiger partial charge in [0.05, 0.1) is 6.61 Å². The number of carbonyl (C=O) groups is 1. The summed E-state index contributed by atoms with van der Waals surface area (Å²) in [4.78, 5) is 12.0. The molecule has 2 aromatic carbocycles. The van der Waals surface area contributed by atoms with Crippen molar-refractivity contribution in [3.8, 4) is 0 Å². The fourth-order valence-corrected chi connectivity index (χ4v) is 2.12. The summed E-state index contributed by atoms with van der Waals surface area (Å²) in [5.41, 5.74) is 2.87. The molecule has 0 heterocycles. The SMILES string of the molecule is CCOCc1ccc(CNC(=O)c2ccc(Br)cc2)cc1. The van der Waals surface area contributed by atoms with Gasteiger partial charge in [0.2, 0.25) is 0 Å². The molecule has 2 aromatic rings. The largest absolute Gasteiger partial charge is 0.377 e. The second-order valence-corrected chi connectivity index (χ2v) is 5.56. The standard InChI is InChI=1S/C17H18BrNO2/c1-2-21-12-14-5-3-13(4-6-14)11-19-17(20)15-7-9-16(18)10-8-15/h3-10H,2,11-12H2,1H3,(H,19,20). The van der Waals surface area contributed by atoms with E-state index in [0.717, 1.165) is 15.6 Å². The van der Waals surface area contributed by atoms with Gasteiger partial charge in [0.15, 0.2) is 0 Å². The Labute approximate surface area is 133 Å². The highest BCUT2D eigenvalue weighted by atomic mass is 79.9. The lowest BCUT2D eigenvalue weighted by Gasteiger charge is -2.07.